The molecular weight excluding hydrogens is 415 g/mol. The van der Waals surface area contributed by atoms with Gasteiger partial charge in [-0.3, -0.25) is 4.79 Å². The molecule has 0 saturated heterocycles. The predicted octanol–water partition coefficient (Wildman–Crippen LogP) is 5.64. The molecule has 1 amide bonds. The third-order valence-electron chi connectivity index (χ3n) is 3.85. The van der Waals surface area contributed by atoms with E-state index in [-0.39, 0.29) is 11.7 Å². The molecule has 5 nitrogen and oxygen atoms in total. The van der Waals surface area contributed by atoms with E-state index >= 15 is 0 Å². The number of rotatable bonds is 7. The summed E-state index contributed by atoms with van der Waals surface area (Å²) in [6.45, 7) is 5.01. The molecule has 3 rings (SSSR count). The van der Waals surface area contributed by atoms with Crippen molar-refractivity contribution in [2.24, 2.45) is 5.92 Å². The van der Waals surface area contributed by atoms with E-state index in [1.54, 1.807) is 12.1 Å². The number of hydrogen-bond acceptors (Lipinski definition) is 4. The highest BCUT2D eigenvalue weighted by molar-refractivity contribution is 7.99. The molecule has 2 aromatic carbocycles. The lowest BCUT2D eigenvalue weighted by Gasteiger charge is -2.12. The Bertz CT molecular complexity index is 957. The average molecular weight is 435 g/mol. The number of thioether (sulfide) groups is 1. The lowest BCUT2D eigenvalue weighted by molar-refractivity contribution is -0.113. The molecule has 0 radical (unpaired) electrons. The van der Waals surface area contributed by atoms with Crippen LogP contribution >= 0.6 is 35.0 Å². The number of amides is 1. The van der Waals surface area contributed by atoms with Gasteiger partial charge in [-0.25, -0.2) is 0 Å². The summed E-state index contributed by atoms with van der Waals surface area (Å²) < 4.78 is 2.04. The largest absolute Gasteiger partial charge is 0.324 e. The summed E-state index contributed by atoms with van der Waals surface area (Å²) in [6, 6.07) is 14.6. The van der Waals surface area contributed by atoms with Crippen LogP contribution in [0.4, 0.5) is 5.69 Å². The number of nitrogens with one attached hydrogen (secondary N) is 1. The Morgan fingerprint density at radius 3 is 2.50 bits per heavy atom. The van der Waals surface area contributed by atoms with Crippen LogP contribution in [0.2, 0.25) is 10.0 Å². The number of benzene rings is 2. The van der Waals surface area contributed by atoms with Gasteiger partial charge in [0.15, 0.2) is 11.0 Å². The standard InChI is InChI=1S/C20H20Cl2N4OS/c1-13(2)11-26-19(14-7-9-15(21)10-8-14)24-25-20(26)28-12-18(27)23-17-6-4-3-5-16(17)22/h3-10,13H,11-12H2,1-2H3,(H,23,27). The zero-order valence-electron chi connectivity index (χ0n) is 15.5. The third kappa shape index (κ3) is 5.28. The van der Waals surface area contributed by atoms with E-state index in [0.717, 1.165) is 17.9 Å². The molecule has 146 valence electrons. The molecule has 3 aromatic rings. The Labute approximate surface area is 178 Å². The fourth-order valence-corrected chi connectivity index (χ4v) is 3.67. The quantitative estimate of drug-likeness (QED) is 0.488. The van der Waals surface area contributed by atoms with Crippen LogP contribution in [-0.2, 0) is 11.3 Å². The minimum atomic E-state index is -0.148. The van der Waals surface area contributed by atoms with Gasteiger partial charge < -0.3 is 9.88 Å². The normalized spacial score (nSPS) is 11.0. The van der Waals surface area contributed by atoms with Crippen molar-refractivity contribution in [2.45, 2.75) is 25.5 Å². The molecule has 0 aliphatic carbocycles. The van der Waals surface area contributed by atoms with Crippen LogP contribution in [0.15, 0.2) is 53.7 Å². The molecule has 0 unspecified atom stereocenters. The van der Waals surface area contributed by atoms with Crippen LogP contribution in [0.5, 0.6) is 0 Å². The minimum Gasteiger partial charge on any atom is -0.324 e. The first-order valence-corrected chi connectivity index (χ1v) is 10.5. The van der Waals surface area contributed by atoms with Crippen LogP contribution in [0, 0.1) is 5.92 Å². The number of hydrogen-bond donors (Lipinski definition) is 1. The van der Waals surface area contributed by atoms with Gasteiger partial charge in [-0.1, -0.05) is 60.9 Å². The van der Waals surface area contributed by atoms with Crippen molar-refractivity contribution >= 4 is 46.6 Å². The highest BCUT2D eigenvalue weighted by Gasteiger charge is 2.17. The summed E-state index contributed by atoms with van der Waals surface area (Å²) in [5.74, 6) is 1.23. The van der Waals surface area contributed by atoms with E-state index in [1.165, 1.54) is 11.8 Å². The molecular formula is C20H20Cl2N4OS. The zero-order chi connectivity index (χ0) is 20.1. The van der Waals surface area contributed by atoms with Crippen LogP contribution in [0.1, 0.15) is 13.8 Å². The Hall–Kier alpha value is -2.02. The van der Waals surface area contributed by atoms with Crippen LogP contribution in [0.25, 0.3) is 11.4 Å². The Kier molecular flexibility index (Phi) is 6.99. The molecule has 0 atom stereocenters. The van der Waals surface area contributed by atoms with Gasteiger partial charge in [-0.15, -0.1) is 10.2 Å². The van der Waals surface area contributed by atoms with E-state index in [9.17, 15) is 4.79 Å². The van der Waals surface area contributed by atoms with Crippen molar-refractivity contribution in [1.82, 2.24) is 14.8 Å². The number of carbonyl (C=O) groups is 1. The van der Waals surface area contributed by atoms with Gasteiger partial charge in [-0.05, 0) is 42.3 Å². The Morgan fingerprint density at radius 1 is 1.11 bits per heavy atom. The molecule has 0 bridgehead atoms. The maximum absolute atomic E-state index is 12.3. The topological polar surface area (TPSA) is 59.8 Å². The zero-order valence-corrected chi connectivity index (χ0v) is 17.9. The number of halogens is 2. The van der Waals surface area contributed by atoms with E-state index in [1.807, 2.05) is 41.0 Å². The average Bonchev–Trinajstić information content (AvgIpc) is 3.04. The summed E-state index contributed by atoms with van der Waals surface area (Å²) in [5, 5.41) is 13.3. The number of anilines is 1. The molecule has 0 spiro atoms. The van der Waals surface area contributed by atoms with Crippen molar-refractivity contribution in [3.63, 3.8) is 0 Å². The first kappa shape index (κ1) is 20.7. The highest BCUT2D eigenvalue weighted by atomic mass is 35.5. The smallest absolute Gasteiger partial charge is 0.234 e. The lowest BCUT2D eigenvalue weighted by atomic mass is 10.2. The fraction of sp³-hybridized carbons (Fsp3) is 0.250. The summed E-state index contributed by atoms with van der Waals surface area (Å²) in [7, 11) is 0. The van der Waals surface area contributed by atoms with Crippen molar-refractivity contribution in [1.29, 1.82) is 0 Å². The van der Waals surface area contributed by atoms with Gasteiger partial charge in [0.25, 0.3) is 0 Å². The molecule has 1 heterocycles. The van der Waals surface area contributed by atoms with Crippen molar-refractivity contribution < 1.29 is 4.79 Å². The van der Waals surface area contributed by atoms with E-state index in [0.29, 0.717) is 26.8 Å². The molecule has 0 aliphatic rings. The van der Waals surface area contributed by atoms with Crippen LogP contribution in [0.3, 0.4) is 0 Å². The summed E-state index contributed by atoms with van der Waals surface area (Å²) in [5.41, 5.74) is 1.53. The van der Waals surface area contributed by atoms with Gasteiger partial charge in [-0.2, -0.15) is 0 Å². The second kappa shape index (κ2) is 9.45. The van der Waals surface area contributed by atoms with E-state index in [2.05, 4.69) is 29.4 Å². The molecule has 8 heteroatoms. The van der Waals surface area contributed by atoms with Crippen molar-refractivity contribution in [2.75, 3.05) is 11.1 Å². The highest BCUT2D eigenvalue weighted by Crippen LogP contribution is 2.27. The maximum Gasteiger partial charge on any atom is 0.234 e. The van der Waals surface area contributed by atoms with E-state index < -0.39 is 0 Å². The van der Waals surface area contributed by atoms with Gasteiger partial charge in [0.2, 0.25) is 5.91 Å². The Morgan fingerprint density at radius 2 is 1.82 bits per heavy atom. The van der Waals surface area contributed by atoms with Crippen LogP contribution in [-0.4, -0.2) is 26.4 Å². The predicted molar refractivity (Wildman–Crippen MR) is 116 cm³/mol. The fourth-order valence-electron chi connectivity index (χ4n) is 2.62. The summed E-state index contributed by atoms with van der Waals surface area (Å²) in [6.07, 6.45) is 0. The first-order valence-electron chi connectivity index (χ1n) is 8.80. The van der Waals surface area contributed by atoms with Gasteiger partial charge in [0.1, 0.15) is 0 Å². The van der Waals surface area contributed by atoms with Crippen molar-refractivity contribution in [3.05, 3.63) is 58.6 Å². The van der Waals surface area contributed by atoms with Gasteiger partial charge >= 0.3 is 0 Å². The second-order valence-corrected chi connectivity index (χ2v) is 8.42. The Balaban J connectivity index is 1.75. The number of nitrogens with zero attached hydrogens (tertiary/aromatic N) is 3. The number of para-hydroxylation sites is 1. The summed E-state index contributed by atoms with van der Waals surface area (Å²) >= 11 is 13.4. The molecule has 0 saturated carbocycles. The molecule has 28 heavy (non-hydrogen) atoms. The third-order valence-corrected chi connectivity index (χ3v) is 5.40. The molecule has 0 fully saturated rings. The molecule has 0 aliphatic heterocycles. The van der Waals surface area contributed by atoms with E-state index in [4.69, 9.17) is 23.2 Å². The monoisotopic (exact) mass is 434 g/mol. The van der Waals surface area contributed by atoms with Gasteiger partial charge in [0, 0.05) is 17.1 Å². The lowest BCUT2D eigenvalue weighted by Crippen LogP contribution is -2.15. The summed E-state index contributed by atoms with van der Waals surface area (Å²) in [4.78, 5) is 12.3. The number of carbonyl (C=O) groups excluding carboxylic acids is 1. The minimum absolute atomic E-state index is 0.148. The second-order valence-electron chi connectivity index (χ2n) is 6.63. The number of aromatic nitrogens is 3. The van der Waals surface area contributed by atoms with Crippen LogP contribution < -0.4 is 5.32 Å². The van der Waals surface area contributed by atoms with Gasteiger partial charge in [0.05, 0.1) is 16.5 Å². The molecule has 1 N–H and O–H groups in total. The first-order chi connectivity index (χ1) is 13.4. The maximum atomic E-state index is 12.3. The SMILES string of the molecule is CC(C)Cn1c(SCC(=O)Nc2ccccc2Cl)nnc1-c1ccc(Cl)cc1. The van der Waals surface area contributed by atoms with Crippen molar-refractivity contribution in [3.8, 4) is 11.4 Å². The molecule has 1 aromatic heterocycles.